The Morgan fingerprint density at radius 2 is 1.61 bits per heavy atom. The third-order valence-corrected chi connectivity index (χ3v) is 2.36. The number of hydrogen-bond acceptors (Lipinski definition) is 5. The van der Waals surface area contributed by atoms with E-state index < -0.39 is 0 Å². The second-order valence-electron chi connectivity index (χ2n) is 3.33. The molecule has 0 atom stereocenters. The number of aromatic nitrogens is 1. The summed E-state index contributed by atoms with van der Waals surface area (Å²) < 4.78 is 5.86. The lowest BCUT2D eigenvalue weighted by Gasteiger charge is -2.19. The maximum Gasteiger partial charge on any atom is 0.310 e. The zero-order valence-electron chi connectivity index (χ0n) is 9.09. The number of hydroxylamine groups is 1. The van der Waals surface area contributed by atoms with Gasteiger partial charge in [0, 0.05) is 12.1 Å². The average molecular weight is 266 g/mol. The molecular formula is C11H10N2O4S. The number of aromatic hydroxyl groups is 2. The van der Waals surface area contributed by atoms with Gasteiger partial charge in [-0.1, -0.05) is 18.2 Å². The normalized spacial score (nSPS) is 10.1. The Labute approximate surface area is 108 Å². The number of para-hydroxylation sites is 1. The summed E-state index contributed by atoms with van der Waals surface area (Å²) in [6.45, 7) is 0. The standard InChI is InChI=1S/C11H10N2O4S/c14-9-6-7-10(15)12(9)13(16)11(18)17-8-4-2-1-3-5-8/h1-7,14-16H. The Morgan fingerprint density at radius 1 is 1.06 bits per heavy atom. The van der Waals surface area contributed by atoms with E-state index in [0.29, 0.717) is 15.6 Å². The average Bonchev–Trinajstić information content (AvgIpc) is 2.69. The number of thiocarbonyl (C=S) groups is 1. The maximum absolute atomic E-state index is 9.71. The number of ether oxygens (including phenoxy) is 1. The van der Waals surface area contributed by atoms with Gasteiger partial charge in [0.15, 0.2) is 0 Å². The van der Waals surface area contributed by atoms with Crippen LogP contribution in [-0.2, 0) is 0 Å². The van der Waals surface area contributed by atoms with Crippen LogP contribution in [0.2, 0.25) is 0 Å². The summed E-state index contributed by atoms with van der Waals surface area (Å²) in [5.41, 5.74) is 0. The molecule has 3 N–H and O–H groups in total. The molecule has 94 valence electrons. The highest BCUT2D eigenvalue weighted by Crippen LogP contribution is 2.21. The largest absolute Gasteiger partial charge is 0.493 e. The SMILES string of the molecule is Oc1ccc(O)n1N(O)C(=S)Oc1ccccc1. The summed E-state index contributed by atoms with van der Waals surface area (Å²) >= 11 is 4.84. The highest BCUT2D eigenvalue weighted by Gasteiger charge is 2.17. The minimum absolute atomic E-state index is 0.326. The van der Waals surface area contributed by atoms with Crippen molar-refractivity contribution < 1.29 is 20.2 Å². The van der Waals surface area contributed by atoms with Crippen LogP contribution in [0.1, 0.15) is 0 Å². The molecule has 1 aromatic carbocycles. The molecule has 0 amide bonds. The number of nitrogens with zero attached hydrogens (tertiary/aromatic N) is 2. The minimum Gasteiger partial charge on any atom is -0.493 e. The van der Waals surface area contributed by atoms with Gasteiger partial charge in [-0.25, -0.2) is 0 Å². The molecular weight excluding hydrogens is 256 g/mol. The van der Waals surface area contributed by atoms with Crippen LogP contribution in [0.4, 0.5) is 0 Å². The van der Waals surface area contributed by atoms with Gasteiger partial charge in [-0.15, -0.1) is 5.17 Å². The second-order valence-corrected chi connectivity index (χ2v) is 3.68. The predicted octanol–water partition coefficient (Wildman–Crippen LogP) is 1.59. The molecule has 0 spiro atoms. The first-order valence-corrected chi connectivity index (χ1v) is 5.36. The molecule has 0 fully saturated rings. The molecule has 0 aliphatic rings. The highest BCUT2D eigenvalue weighted by atomic mass is 32.1. The van der Waals surface area contributed by atoms with Crippen LogP contribution >= 0.6 is 12.2 Å². The molecule has 6 nitrogen and oxygen atoms in total. The monoisotopic (exact) mass is 266 g/mol. The maximum atomic E-state index is 9.71. The van der Waals surface area contributed by atoms with Gasteiger partial charge < -0.3 is 14.9 Å². The Morgan fingerprint density at radius 3 is 2.17 bits per heavy atom. The lowest BCUT2D eigenvalue weighted by atomic mass is 10.3. The molecule has 0 saturated heterocycles. The molecule has 0 unspecified atom stereocenters. The number of benzene rings is 1. The van der Waals surface area contributed by atoms with Crippen molar-refractivity contribution in [2.45, 2.75) is 0 Å². The fourth-order valence-electron chi connectivity index (χ4n) is 1.31. The lowest BCUT2D eigenvalue weighted by Crippen LogP contribution is -2.38. The molecule has 1 heterocycles. The van der Waals surface area contributed by atoms with Crippen molar-refractivity contribution in [3.8, 4) is 17.5 Å². The van der Waals surface area contributed by atoms with Crippen molar-refractivity contribution >= 4 is 17.4 Å². The van der Waals surface area contributed by atoms with E-state index in [1.165, 1.54) is 12.1 Å². The molecule has 0 radical (unpaired) electrons. The molecule has 18 heavy (non-hydrogen) atoms. The molecule has 0 aliphatic heterocycles. The summed E-state index contributed by atoms with van der Waals surface area (Å²) in [6, 6.07) is 11.0. The van der Waals surface area contributed by atoms with Crippen LogP contribution in [0.3, 0.4) is 0 Å². The molecule has 0 aliphatic carbocycles. The summed E-state index contributed by atoms with van der Waals surface area (Å²) in [5.74, 6) is -0.337. The molecule has 0 saturated carbocycles. The van der Waals surface area contributed by atoms with Crippen LogP contribution in [-0.4, -0.2) is 25.3 Å². The second kappa shape index (κ2) is 4.94. The van der Waals surface area contributed by atoms with E-state index in [0.717, 1.165) is 0 Å². The topological polar surface area (TPSA) is 78.1 Å². The Kier molecular flexibility index (Phi) is 3.35. The van der Waals surface area contributed by atoms with Gasteiger partial charge >= 0.3 is 5.17 Å². The van der Waals surface area contributed by atoms with Crippen molar-refractivity contribution in [1.29, 1.82) is 0 Å². The van der Waals surface area contributed by atoms with Crippen molar-refractivity contribution in [1.82, 2.24) is 4.68 Å². The van der Waals surface area contributed by atoms with E-state index in [2.05, 4.69) is 0 Å². The van der Waals surface area contributed by atoms with Gasteiger partial charge in [-0.05, 0) is 24.4 Å². The van der Waals surface area contributed by atoms with Gasteiger partial charge in [0.25, 0.3) is 0 Å². The molecule has 0 bridgehead atoms. The Bertz CT molecular complexity index is 536. The van der Waals surface area contributed by atoms with Crippen LogP contribution in [0.5, 0.6) is 17.5 Å². The number of rotatable bonds is 2. The van der Waals surface area contributed by atoms with E-state index in [1.807, 2.05) is 0 Å². The lowest BCUT2D eigenvalue weighted by molar-refractivity contribution is 0.188. The van der Waals surface area contributed by atoms with Crippen molar-refractivity contribution in [3.05, 3.63) is 42.5 Å². The first-order chi connectivity index (χ1) is 8.59. The van der Waals surface area contributed by atoms with E-state index in [4.69, 9.17) is 17.0 Å². The van der Waals surface area contributed by atoms with E-state index >= 15 is 0 Å². The smallest absolute Gasteiger partial charge is 0.310 e. The number of hydrogen-bond donors (Lipinski definition) is 3. The summed E-state index contributed by atoms with van der Waals surface area (Å²) in [5, 5.41) is 28.5. The highest BCUT2D eigenvalue weighted by molar-refractivity contribution is 7.80. The quantitative estimate of drug-likeness (QED) is 0.566. The minimum atomic E-state index is -0.381. The molecule has 2 aromatic rings. The van der Waals surface area contributed by atoms with E-state index in [1.54, 1.807) is 30.3 Å². The fourth-order valence-corrected chi connectivity index (χ4v) is 1.49. The zero-order chi connectivity index (χ0) is 13.1. The van der Waals surface area contributed by atoms with Gasteiger partial charge in [0.1, 0.15) is 5.75 Å². The summed E-state index contributed by atoms with van der Waals surface area (Å²) in [7, 11) is 0. The summed E-state index contributed by atoms with van der Waals surface area (Å²) in [4.78, 5) is 0. The van der Waals surface area contributed by atoms with E-state index in [9.17, 15) is 15.4 Å². The van der Waals surface area contributed by atoms with Crippen LogP contribution in [0.15, 0.2) is 42.5 Å². The van der Waals surface area contributed by atoms with Gasteiger partial charge in [0.05, 0.1) is 0 Å². The van der Waals surface area contributed by atoms with Crippen LogP contribution in [0, 0.1) is 0 Å². The molecule has 1 aromatic heterocycles. The van der Waals surface area contributed by atoms with Crippen molar-refractivity contribution in [2.24, 2.45) is 0 Å². The van der Waals surface area contributed by atoms with Gasteiger partial charge in [-0.3, -0.25) is 5.21 Å². The zero-order valence-corrected chi connectivity index (χ0v) is 9.91. The predicted molar refractivity (Wildman–Crippen MR) is 67.4 cm³/mol. The first-order valence-electron chi connectivity index (χ1n) is 4.95. The summed E-state index contributed by atoms with van der Waals surface area (Å²) in [6.07, 6.45) is 0. The molecule has 2 rings (SSSR count). The fraction of sp³-hybridized carbons (Fsp3) is 0. The van der Waals surface area contributed by atoms with Crippen LogP contribution < -0.4 is 9.91 Å². The molecule has 7 heteroatoms. The van der Waals surface area contributed by atoms with Crippen molar-refractivity contribution in [2.75, 3.05) is 5.17 Å². The van der Waals surface area contributed by atoms with E-state index in [-0.39, 0.29) is 16.9 Å². The Balaban J connectivity index is 2.15. The van der Waals surface area contributed by atoms with Crippen molar-refractivity contribution in [3.63, 3.8) is 0 Å². The van der Waals surface area contributed by atoms with Gasteiger partial charge in [0.2, 0.25) is 11.8 Å². The third-order valence-electron chi connectivity index (χ3n) is 2.12. The van der Waals surface area contributed by atoms with Crippen LogP contribution in [0.25, 0.3) is 0 Å². The third kappa shape index (κ3) is 2.36. The van der Waals surface area contributed by atoms with Gasteiger partial charge in [-0.2, -0.15) is 4.68 Å². The Hall–Kier alpha value is -2.25. The first kappa shape index (κ1) is 12.2.